The second-order valence-corrected chi connectivity index (χ2v) is 5.88. The van der Waals surface area contributed by atoms with Crippen LogP contribution in [0.25, 0.3) is 0 Å². The molecule has 6 nitrogen and oxygen atoms in total. The number of aromatic nitrogens is 2. The molecule has 23 heavy (non-hydrogen) atoms. The van der Waals surface area contributed by atoms with Gasteiger partial charge in [0.05, 0.1) is 0 Å². The molecule has 0 amide bonds. The maximum Gasteiger partial charge on any atom is 0.159 e. The standard InChI is InChI=1S/C17H24N6/c1-3-22-7-9-23(10-8-22)17-15(18)16(19-12-20-17)21-14-6-4-5-13(2)11-14/h4-6,11-12H,3,7-10,18H2,1-2H3,(H,19,20,21). The zero-order chi connectivity index (χ0) is 16.2. The van der Waals surface area contributed by atoms with Crippen LogP contribution in [0, 0.1) is 6.92 Å². The van der Waals surface area contributed by atoms with Crippen molar-refractivity contribution in [2.45, 2.75) is 13.8 Å². The van der Waals surface area contributed by atoms with Crippen molar-refractivity contribution in [3.63, 3.8) is 0 Å². The third-order valence-electron chi connectivity index (χ3n) is 4.26. The number of benzene rings is 1. The number of hydrogen-bond donors (Lipinski definition) is 2. The summed E-state index contributed by atoms with van der Waals surface area (Å²) in [5, 5.41) is 3.30. The fourth-order valence-corrected chi connectivity index (χ4v) is 2.87. The van der Waals surface area contributed by atoms with Gasteiger partial charge in [0, 0.05) is 31.9 Å². The Kier molecular flexibility index (Phi) is 4.62. The van der Waals surface area contributed by atoms with Gasteiger partial charge in [-0.15, -0.1) is 0 Å². The number of piperazine rings is 1. The highest BCUT2D eigenvalue weighted by atomic mass is 15.3. The Morgan fingerprint density at radius 3 is 2.65 bits per heavy atom. The maximum atomic E-state index is 6.32. The van der Waals surface area contributed by atoms with E-state index in [1.165, 1.54) is 5.56 Å². The van der Waals surface area contributed by atoms with Gasteiger partial charge >= 0.3 is 0 Å². The summed E-state index contributed by atoms with van der Waals surface area (Å²) in [6, 6.07) is 8.16. The van der Waals surface area contributed by atoms with Gasteiger partial charge in [-0.1, -0.05) is 19.1 Å². The zero-order valence-corrected chi connectivity index (χ0v) is 13.8. The largest absolute Gasteiger partial charge is 0.393 e. The van der Waals surface area contributed by atoms with Crippen LogP contribution in [0.1, 0.15) is 12.5 Å². The predicted molar refractivity (Wildman–Crippen MR) is 95.2 cm³/mol. The topological polar surface area (TPSA) is 70.3 Å². The van der Waals surface area contributed by atoms with E-state index in [-0.39, 0.29) is 0 Å². The van der Waals surface area contributed by atoms with Crippen LogP contribution >= 0.6 is 0 Å². The summed E-state index contributed by atoms with van der Waals surface area (Å²) in [6.07, 6.45) is 1.58. The molecular weight excluding hydrogens is 288 g/mol. The number of nitrogen functional groups attached to an aromatic ring is 1. The Hall–Kier alpha value is -2.34. The van der Waals surface area contributed by atoms with E-state index in [4.69, 9.17) is 5.73 Å². The van der Waals surface area contributed by atoms with Crippen molar-refractivity contribution >= 4 is 23.0 Å². The Labute approximate surface area is 137 Å². The van der Waals surface area contributed by atoms with Crippen LogP contribution in [0.15, 0.2) is 30.6 Å². The van der Waals surface area contributed by atoms with Crippen LogP contribution in [0.4, 0.5) is 23.0 Å². The first kappa shape index (κ1) is 15.6. The number of aryl methyl sites for hydroxylation is 1. The highest BCUT2D eigenvalue weighted by Gasteiger charge is 2.20. The van der Waals surface area contributed by atoms with Crippen LogP contribution < -0.4 is 16.0 Å². The predicted octanol–water partition coefficient (Wildman–Crippen LogP) is 2.25. The molecule has 0 atom stereocenters. The molecule has 1 aromatic heterocycles. The molecule has 3 N–H and O–H groups in total. The first-order valence-electron chi connectivity index (χ1n) is 8.09. The van der Waals surface area contributed by atoms with Gasteiger partial charge in [0.1, 0.15) is 12.0 Å². The SMILES string of the molecule is CCN1CCN(c2ncnc(Nc3cccc(C)c3)c2N)CC1. The maximum absolute atomic E-state index is 6.32. The second-order valence-electron chi connectivity index (χ2n) is 5.88. The summed E-state index contributed by atoms with van der Waals surface area (Å²) in [6.45, 7) is 9.32. The molecule has 1 fully saturated rings. The minimum Gasteiger partial charge on any atom is -0.393 e. The van der Waals surface area contributed by atoms with E-state index >= 15 is 0 Å². The number of nitrogens with two attached hydrogens (primary N) is 1. The lowest BCUT2D eigenvalue weighted by Crippen LogP contribution is -2.46. The molecule has 1 aliphatic rings. The Balaban J connectivity index is 1.79. The van der Waals surface area contributed by atoms with E-state index < -0.39 is 0 Å². The molecule has 1 aromatic carbocycles. The average molecular weight is 312 g/mol. The number of anilines is 4. The lowest BCUT2D eigenvalue weighted by atomic mass is 10.2. The van der Waals surface area contributed by atoms with E-state index in [2.05, 4.69) is 51.1 Å². The molecule has 0 aliphatic carbocycles. The summed E-state index contributed by atoms with van der Waals surface area (Å²) in [4.78, 5) is 13.4. The van der Waals surface area contributed by atoms with E-state index in [1.807, 2.05) is 12.1 Å². The van der Waals surface area contributed by atoms with Crippen molar-refractivity contribution in [1.82, 2.24) is 14.9 Å². The minimum absolute atomic E-state index is 0.610. The van der Waals surface area contributed by atoms with Gasteiger partial charge in [-0.05, 0) is 31.2 Å². The average Bonchev–Trinajstić information content (AvgIpc) is 2.57. The summed E-state index contributed by atoms with van der Waals surface area (Å²) < 4.78 is 0. The lowest BCUT2D eigenvalue weighted by molar-refractivity contribution is 0.270. The first-order chi connectivity index (χ1) is 11.2. The fraction of sp³-hybridized carbons (Fsp3) is 0.412. The molecule has 0 saturated carbocycles. The van der Waals surface area contributed by atoms with Crippen molar-refractivity contribution in [3.05, 3.63) is 36.2 Å². The van der Waals surface area contributed by atoms with Crippen LogP contribution in [0.2, 0.25) is 0 Å². The van der Waals surface area contributed by atoms with Crippen LogP contribution in [0.3, 0.4) is 0 Å². The number of nitrogens with one attached hydrogen (secondary N) is 1. The van der Waals surface area contributed by atoms with E-state index in [0.29, 0.717) is 11.5 Å². The summed E-state index contributed by atoms with van der Waals surface area (Å²) >= 11 is 0. The third kappa shape index (κ3) is 3.53. The van der Waals surface area contributed by atoms with E-state index in [1.54, 1.807) is 6.33 Å². The molecule has 0 unspecified atom stereocenters. The normalized spacial score (nSPS) is 15.7. The van der Waals surface area contributed by atoms with Crippen molar-refractivity contribution in [1.29, 1.82) is 0 Å². The Bertz CT molecular complexity index is 664. The number of rotatable bonds is 4. The van der Waals surface area contributed by atoms with E-state index in [9.17, 15) is 0 Å². The molecule has 0 spiro atoms. The smallest absolute Gasteiger partial charge is 0.159 e. The first-order valence-corrected chi connectivity index (χ1v) is 8.09. The Morgan fingerprint density at radius 1 is 1.17 bits per heavy atom. The zero-order valence-electron chi connectivity index (χ0n) is 13.8. The Morgan fingerprint density at radius 2 is 1.96 bits per heavy atom. The highest BCUT2D eigenvalue weighted by Crippen LogP contribution is 2.29. The van der Waals surface area contributed by atoms with Crippen LogP contribution in [-0.4, -0.2) is 47.6 Å². The van der Waals surface area contributed by atoms with E-state index in [0.717, 1.165) is 44.2 Å². The quantitative estimate of drug-likeness (QED) is 0.902. The van der Waals surface area contributed by atoms with Gasteiger partial charge in [0.25, 0.3) is 0 Å². The molecule has 2 heterocycles. The molecule has 1 aliphatic heterocycles. The van der Waals surface area contributed by atoms with Crippen LogP contribution in [-0.2, 0) is 0 Å². The lowest BCUT2D eigenvalue weighted by Gasteiger charge is -2.35. The molecule has 0 radical (unpaired) electrons. The fourth-order valence-electron chi connectivity index (χ4n) is 2.87. The summed E-state index contributed by atoms with van der Waals surface area (Å²) in [5.74, 6) is 1.49. The summed E-state index contributed by atoms with van der Waals surface area (Å²) in [7, 11) is 0. The highest BCUT2D eigenvalue weighted by molar-refractivity contribution is 5.78. The molecule has 0 bridgehead atoms. The van der Waals surface area contributed by atoms with Gasteiger partial charge in [0.15, 0.2) is 11.6 Å². The molecule has 2 aromatic rings. The molecule has 6 heteroatoms. The minimum atomic E-state index is 0.610. The van der Waals surface area contributed by atoms with Gasteiger partial charge < -0.3 is 20.9 Å². The van der Waals surface area contributed by atoms with Crippen molar-refractivity contribution in [3.8, 4) is 0 Å². The number of likely N-dealkylation sites (N-methyl/N-ethyl adjacent to an activating group) is 1. The number of hydrogen-bond acceptors (Lipinski definition) is 6. The molecule has 3 rings (SSSR count). The summed E-state index contributed by atoms with van der Waals surface area (Å²) in [5.41, 5.74) is 9.11. The van der Waals surface area contributed by atoms with Crippen molar-refractivity contribution in [2.75, 3.05) is 48.7 Å². The second kappa shape index (κ2) is 6.83. The molecule has 1 saturated heterocycles. The van der Waals surface area contributed by atoms with Gasteiger partial charge in [-0.25, -0.2) is 9.97 Å². The van der Waals surface area contributed by atoms with Gasteiger partial charge in [-0.2, -0.15) is 0 Å². The monoisotopic (exact) mass is 312 g/mol. The van der Waals surface area contributed by atoms with Crippen molar-refractivity contribution < 1.29 is 0 Å². The van der Waals surface area contributed by atoms with Gasteiger partial charge in [0.2, 0.25) is 0 Å². The van der Waals surface area contributed by atoms with Crippen LogP contribution in [0.5, 0.6) is 0 Å². The van der Waals surface area contributed by atoms with Crippen molar-refractivity contribution in [2.24, 2.45) is 0 Å². The van der Waals surface area contributed by atoms with Gasteiger partial charge in [-0.3, -0.25) is 0 Å². The number of nitrogens with zero attached hydrogens (tertiary/aromatic N) is 4. The molecular formula is C17H24N6. The molecule has 122 valence electrons. The third-order valence-corrected chi connectivity index (χ3v) is 4.26.